The van der Waals surface area contributed by atoms with Crippen molar-refractivity contribution in [3.8, 4) is 5.75 Å². The molecule has 3 nitrogen and oxygen atoms in total. The van der Waals surface area contributed by atoms with Gasteiger partial charge in [0.2, 0.25) is 0 Å². The van der Waals surface area contributed by atoms with Crippen molar-refractivity contribution in [1.82, 2.24) is 4.90 Å². The van der Waals surface area contributed by atoms with E-state index in [1.165, 1.54) is 43.9 Å². The second kappa shape index (κ2) is 12.1. The van der Waals surface area contributed by atoms with Gasteiger partial charge in [0.15, 0.2) is 0 Å². The standard InChI is InChI=1S/C26H31NO2S2/c1-3-4-5-6-7-11-18-29-23-16-14-21(15-17-23)19-24-25(28)27(26(30)31-24)20(2)22-12-9-8-10-13-22/h8-10,12-17,19-20H,3-7,11,18H2,1-2H3/b24-19-/t20-/m1/s1. The summed E-state index contributed by atoms with van der Waals surface area (Å²) in [7, 11) is 0. The van der Waals surface area contributed by atoms with Crippen LogP contribution in [0, 0.1) is 0 Å². The second-order valence-electron chi connectivity index (χ2n) is 7.82. The Morgan fingerprint density at radius 3 is 2.39 bits per heavy atom. The Morgan fingerprint density at radius 2 is 1.68 bits per heavy atom. The molecular weight excluding hydrogens is 422 g/mol. The summed E-state index contributed by atoms with van der Waals surface area (Å²) in [6, 6.07) is 17.8. The van der Waals surface area contributed by atoms with Crippen LogP contribution in [-0.2, 0) is 4.79 Å². The van der Waals surface area contributed by atoms with Gasteiger partial charge in [-0.1, -0.05) is 105 Å². The van der Waals surface area contributed by atoms with Gasteiger partial charge in [-0.25, -0.2) is 0 Å². The van der Waals surface area contributed by atoms with Gasteiger partial charge in [0.05, 0.1) is 17.6 Å². The molecule has 1 atom stereocenters. The average Bonchev–Trinajstić information content (AvgIpc) is 3.07. The first-order valence-corrected chi connectivity index (χ1v) is 12.4. The molecule has 0 N–H and O–H groups in total. The van der Waals surface area contributed by atoms with E-state index in [9.17, 15) is 4.79 Å². The van der Waals surface area contributed by atoms with E-state index in [4.69, 9.17) is 17.0 Å². The first-order valence-electron chi connectivity index (χ1n) is 11.1. The zero-order valence-corrected chi connectivity index (χ0v) is 20.0. The average molecular weight is 454 g/mol. The molecular formula is C26H31NO2S2. The molecule has 2 aromatic carbocycles. The number of benzene rings is 2. The van der Waals surface area contributed by atoms with Crippen LogP contribution >= 0.6 is 24.0 Å². The molecule has 1 heterocycles. The normalized spacial score (nSPS) is 16.2. The summed E-state index contributed by atoms with van der Waals surface area (Å²) in [6.45, 7) is 5.00. The van der Waals surface area contributed by atoms with Gasteiger partial charge in [-0.15, -0.1) is 0 Å². The van der Waals surface area contributed by atoms with Gasteiger partial charge in [0.1, 0.15) is 10.1 Å². The van der Waals surface area contributed by atoms with Crippen molar-refractivity contribution in [1.29, 1.82) is 0 Å². The second-order valence-corrected chi connectivity index (χ2v) is 9.50. The Hall–Kier alpha value is -2.11. The highest BCUT2D eigenvalue weighted by atomic mass is 32.2. The van der Waals surface area contributed by atoms with Gasteiger partial charge in [-0.2, -0.15) is 0 Å². The fourth-order valence-corrected chi connectivity index (χ4v) is 5.00. The Kier molecular flexibility index (Phi) is 9.16. The lowest BCUT2D eigenvalue weighted by Gasteiger charge is -2.23. The fourth-order valence-electron chi connectivity index (χ4n) is 3.58. The van der Waals surface area contributed by atoms with E-state index in [0.29, 0.717) is 9.23 Å². The first-order chi connectivity index (χ1) is 15.1. The Morgan fingerprint density at radius 1 is 1.00 bits per heavy atom. The number of carbonyl (C=O) groups is 1. The number of thiocarbonyl (C=S) groups is 1. The summed E-state index contributed by atoms with van der Waals surface area (Å²) in [6.07, 6.45) is 9.44. The summed E-state index contributed by atoms with van der Waals surface area (Å²) < 4.78 is 6.45. The molecule has 0 aromatic heterocycles. The van der Waals surface area contributed by atoms with Crippen molar-refractivity contribution in [2.75, 3.05) is 6.61 Å². The summed E-state index contributed by atoms with van der Waals surface area (Å²) >= 11 is 6.87. The van der Waals surface area contributed by atoms with Crippen molar-refractivity contribution < 1.29 is 9.53 Å². The molecule has 1 aliphatic rings. The molecule has 2 aromatic rings. The summed E-state index contributed by atoms with van der Waals surface area (Å²) in [4.78, 5) is 15.4. The molecule has 3 rings (SSSR count). The van der Waals surface area contributed by atoms with E-state index >= 15 is 0 Å². The Labute approximate surface area is 195 Å². The number of thioether (sulfide) groups is 1. The van der Waals surface area contributed by atoms with Crippen LogP contribution in [0.1, 0.15) is 69.5 Å². The van der Waals surface area contributed by atoms with Gasteiger partial charge in [0, 0.05) is 0 Å². The van der Waals surface area contributed by atoms with Gasteiger partial charge < -0.3 is 4.74 Å². The molecule has 0 aliphatic carbocycles. The van der Waals surface area contributed by atoms with Crippen molar-refractivity contribution in [2.24, 2.45) is 0 Å². The molecule has 1 fully saturated rings. The van der Waals surface area contributed by atoms with Crippen LogP contribution in [0.3, 0.4) is 0 Å². The number of amides is 1. The summed E-state index contributed by atoms with van der Waals surface area (Å²) in [5, 5.41) is 0. The quantitative estimate of drug-likeness (QED) is 0.201. The molecule has 0 radical (unpaired) electrons. The van der Waals surface area contributed by atoms with Gasteiger partial charge in [-0.05, 0) is 42.7 Å². The van der Waals surface area contributed by atoms with E-state index in [2.05, 4.69) is 6.92 Å². The fraction of sp³-hybridized carbons (Fsp3) is 0.385. The Bertz CT molecular complexity index is 893. The van der Waals surface area contributed by atoms with Crippen LogP contribution < -0.4 is 4.74 Å². The van der Waals surface area contributed by atoms with Gasteiger partial charge >= 0.3 is 0 Å². The number of ether oxygens (including phenoxy) is 1. The maximum atomic E-state index is 13.0. The van der Waals surface area contributed by atoms with E-state index in [1.807, 2.05) is 67.6 Å². The van der Waals surface area contributed by atoms with Crippen LogP contribution in [0.4, 0.5) is 0 Å². The molecule has 164 valence electrons. The highest BCUT2D eigenvalue weighted by Gasteiger charge is 2.35. The predicted octanol–water partition coefficient (Wildman–Crippen LogP) is 7.39. The van der Waals surface area contributed by atoms with E-state index < -0.39 is 0 Å². The lowest BCUT2D eigenvalue weighted by Crippen LogP contribution is -2.30. The van der Waals surface area contributed by atoms with E-state index in [-0.39, 0.29) is 11.9 Å². The minimum absolute atomic E-state index is 0.0326. The Balaban J connectivity index is 1.54. The maximum absolute atomic E-state index is 13.0. The van der Waals surface area contributed by atoms with E-state index in [1.54, 1.807) is 4.90 Å². The zero-order chi connectivity index (χ0) is 22.1. The van der Waals surface area contributed by atoms with Crippen LogP contribution in [0.2, 0.25) is 0 Å². The van der Waals surface area contributed by atoms with Crippen molar-refractivity contribution in [3.63, 3.8) is 0 Å². The maximum Gasteiger partial charge on any atom is 0.266 e. The largest absolute Gasteiger partial charge is 0.494 e. The van der Waals surface area contributed by atoms with Crippen molar-refractivity contribution >= 4 is 40.3 Å². The molecule has 31 heavy (non-hydrogen) atoms. The SMILES string of the molecule is CCCCCCCCOc1ccc(/C=C2\SC(=S)N([C@H](C)c3ccccc3)C2=O)cc1. The highest BCUT2D eigenvalue weighted by Crippen LogP contribution is 2.38. The molecule has 5 heteroatoms. The van der Waals surface area contributed by atoms with Crippen molar-refractivity contribution in [3.05, 3.63) is 70.6 Å². The molecule has 1 saturated heterocycles. The third kappa shape index (κ3) is 6.68. The highest BCUT2D eigenvalue weighted by molar-refractivity contribution is 8.26. The van der Waals surface area contributed by atoms with Crippen LogP contribution in [0.5, 0.6) is 5.75 Å². The summed E-state index contributed by atoms with van der Waals surface area (Å²) in [5.41, 5.74) is 2.05. The predicted molar refractivity (Wildman–Crippen MR) is 135 cm³/mol. The third-order valence-corrected chi connectivity index (χ3v) is 6.77. The number of carbonyl (C=O) groups excluding carboxylic acids is 1. The van der Waals surface area contributed by atoms with Crippen LogP contribution in [-0.4, -0.2) is 21.7 Å². The first kappa shape index (κ1) is 23.6. The van der Waals surface area contributed by atoms with E-state index in [0.717, 1.165) is 29.9 Å². The van der Waals surface area contributed by atoms with Gasteiger partial charge in [-0.3, -0.25) is 9.69 Å². The number of unbranched alkanes of at least 4 members (excludes halogenated alkanes) is 5. The molecule has 1 amide bonds. The lowest BCUT2D eigenvalue weighted by atomic mass is 10.1. The number of hydrogen-bond acceptors (Lipinski definition) is 4. The lowest BCUT2D eigenvalue weighted by molar-refractivity contribution is -0.123. The van der Waals surface area contributed by atoms with Crippen molar-refractivity contribution in [2.45, 2.75) is 58.4 Å². The number of rotatable bonds is 11. The van der Waals surface area contributed by atoms with Gasteiger partial charge in [0.25, 0.3) is 5.91 Å². The summed E-state index contributed by atoms with van der Waals surface area (Å²) in [5.74, 6) is 0.839. The molecule has 0 saturated carbocycles. The molecule has 1 aliphatic heterocycles. The minimum Gasteiger partial charge on any atom is -0.494 e. The topological polar surface area (TPSA) is 29.5 Å². The molecule has 0 bridgehead atoms. The molecule has 0 spiro atoms. The van der Waals surface area contributed by atoms with Crippen LogP contribution in [0.25, 0.3) is 6.08 Å². The van der Waals surface area contributed by atoms with Crippen LogP contribution in [0.15, 0.2) is 59.5 Å². The number of hydrogen-bond donors (Lipinski definition) is 0. The smallest absolute Gasteiger partial charge is 0.266 e. The minimum atomic E-state index is -0.0858. The number of nitrogens with zero attached hydrogens (tertiary/aromatic N) is 1. The third-order valence-electron chi connectivity index (χ3n) is 5.44. The zero-order valence-electron chi connectivity index (χ0n) is 18.4. The molecule has 0 unspecified atom stereocenters. The monoisotopic (exact) mass is 453 g/mol.